The Labute approximate surface area is 150 Å². The number of unbranched alkanes of at least 4 members (excludes halogenated alkanes) is 3. The molecule has 0 amide bonds. The third-order valence-corrected chi connectivity index (χ3v) is 3.86. The standard InChI is InChI=1S/C19H32O6/c1-3-17(24-21)13-9-7-8-11-15-18(25-22)14-10-5-4-6-12-16-19(20)23-2/h4-6,10,12,16-18,21-22H,3,7-9,11,13-15H2,1-2H3. The van der Waals surface area contributed by atoms with Crippen molar-refractivity contribution in [2.24, 2.45) is 0 Å². The fraction of sp³-hybridized carbons (Fsp3) is 0.632. The van der Waals surface area contributed by atoms with E-state index in [1.807, 2.05) is 19.1 Å². The first-order chi connectivity index (χ1) is 12.2. The number of allylic oxidation sites excluding steroid dienone is 4. The van der Waals surface area contributed by atoms with Crippen LogP contribution in [0.2, 0.25) is 0 Å². The van der Waals surface area contributed by atoms with Gasteiger partial charge in [-0.1, -0.05) is 63.0 Å². The zero-order valence-electron chi connectivity index (χ0n) is 15.3. The highest BCUT2D eigenvalue weighted by Gasteiger charge is 2.07. The molecular weight excluding hydrogens is 324 g/mol. The fourth-order valence-corrected chi connectivity index (χ4v) is 2.28. The summed E-state index contributed by atoms with van der Waals surface area (Å²) in [6, 6.07) is 0. The van der Waals surface area contributed by atoms with Gasteiger partial charge in [0, 0.05) is 6.08 Å². The van der Waals surface area contributed by atoms with Crippen LogP contribution in [0.15, 0.2) is 36.5 Å². The Balaban J connectivity index is 3.78. The number of hydrogen-bond donors (Lipinski definition) is 2. The first-order valence-electron chi connectivity index (χ1n) is 8.86. The average molecular weight is 356 g/mol. The number of hydrogen-bond acceptors (Lipinski definition) is 6. The van der Waals surface area contributed by atoms with Crippen molar-refractivity contribution in [3.63, 3.8) is 0 Å². The van der Waals surface area contributed by atoms with E-state index in [-0.39, 0.29) is 12.2 Å². The molecule has 6 nitrogen and oxygen atoms in total. The van der Waals surface area contributed by atoms with Crippen molar-refractivity contribution in [3.05, 3.63) is 36.5 Å². The van der Waals surface area contributed by atoms with E-state index in [9.17, 15) is 4.79 Å². The highest BCUT2D eigenvalue weighted by Crippen LogP contribution is 2.14. The molecule has 2 atom stereocenters. The number of carbonyl (C=O) groups is 1. The van der Waals surface area contributed by atoms with Crippen molar-refractivity contribution in [1.82, 2.24) is 0 Å². The predicted octanol–water partition coefficient (Wildman–Crippen LogP) is 4.69. The lowest BCUT2D eigenvalue weighted by atomic mass is 10.0. The Hall–Kier alpha value is -1.47. The molecule has 0 saturated heterocycles. The van der Waals surface area contributed by atoms with Crippen molar-refractivity contribution in [2.75, 3.05) is 7.11 Å². The number of esters is 1. The molecule has 144 valence electrons. The topological polar surface area (TPSA) is 85.2 Å². The lowest BCUT2D eigenvalue weighted by Crippen LogP contribution is -2.10. The maximum absolute atomic E-state index is 10.8. The summed E-state index contributed by atoms with van der Waals surface area (Å²) in [7, 11) is 1.33. The number of carbonyl (C=O) groups excluding carboxylic acids is 1. The molecule has 0 saturated carbocycles. The largest absolute Gasteiger partial charge is 0.466 e. The summed E-state index contributed by atoms with van der Waals surface area (Å²) < 4.78 is 4.47. The molecule has 0 radical (unpaired) electrons. The summed E-state index contributed by atoms with van der Waals surface area (Å²) in [5.41, 5.74) is 0. The van der Waals surface area contributed by atoms with Gasteiger partial charge in [-0.25, -0.2) is 14.6 Å². The zero-order valence-corrected chi connectivity index (χ0v) is 15.3. The molecule has 0 spiro atoms. The Morgan fingerprint density at radius 1 is 0.920 bits per heavy atom. The molecule has 0 aromatic carbocycles. The molecule has 0 rings (SSSR count). The maximum atomic E-state index is 10.8. The fourth-order valence-electron chi connectivity index (χ4n) is 2.28. The van der Waals surface area contributed by atoms with Crippen molar-refractivity contribution < 1.29 is 29.8 Å². The van der Waals surface area contributed by atoms with Gasteiger partial charge in [-0.3, -0.25) is 10.5 Å². The van der Waals surface area contributed by atoms with Crippen LogP contribution in [0.5, 0.6) is 0 Å². The molecule has 2 unspecified atom stereocenters. The van der Waals surface area contributed by atoms with Crippen LogP contribution in [0.1, 0.15) is 58.3 Å². The predicted molar refractivity (Wildman–Crippen MR) is 97.0 cm³/mol. The first kappa shape index (κ1) is 23.5. The Morgan fingerprint density at radius 2 is 1.52 bits per heavy atom. The van der Waals surface area contributed by atoms with Gasteiger partial charge in [0.15, 0.2) is 0 Å². The van der Waals surface area contributed by atoms with Gasteiger partial charge in [0.25, 0.3) is 0 Å². The van der Waals surface area contributed by atoms with Gasteiger partial charge in [-0.05, 0) is 25.7 Å². The van der Waals surface area contributed by atoms with E-state index in [1.54, 1.807) is 18.2 Å². The van der Waals surface area contributed by atoms with Crippen LogP contribution in [0.25, 0.3) is 0 Å². The Kier molecular flexibility index (Phi) is 16.3. The SMILES string of the molecule is CCC(CCCCCCC(CC=CC=CC=CC(=O)OC)OO)OO. The third-order valence-electron chi connectivity index (χ3n) is 3.86. The minimum Gasteiger partial charge on any atom is -0.466 e. The van der Waals surface area contributed by atoms with Gasteiger partial charge in [-0.15, -0.1) is 0 Å². The maximum Gasteiger partial charge on any atom is 0.330 e. The van der Waals surface area contributed by atoms with Crippen LogP contribution in [0, 0.1) is 0 Å². The van der Waals surface area contributed by atoms with E-state index in [1.165, 1.54) is 13.2 Å². The first-order valence-corrected chi connectivity index (χ1v) is 8.86. The highest BCUT2D eigenvalue weighted by molar-refractivity contribution is 5.82. The summed E-state index contributed by atoms with van der Waals surface area (Å²) >= 11 is 0. The van der Waals surface area contributed by atoms with Crippen LogP contribution in [0.4, 0.5) is 0 Å². The summed E-state index contributed by atoms with van der Waals surface area (Å²) in [5.74, 6) is -0.392. The van der Waals surface area contributed by atoms with E-state index in [2.05, 4.69) is 14.5 Å². The molecule has 0 heterocycles. The van der Waals surface area contributed by atoms with E-state index in [0.717, 1.165) is 44.9 Å². The van der Waals surface area contributed by atoms with Gasteiger partial charge in [0.1, 0.15) is 0 Å². The minimum atomic E-state index is -0.392. The van der Waals surface area contributed by atoms with Crippen molar-refractivity contribution in [1.29, 1.82) is 0 Å². The number of ether oxygens (including phenoxy) is 1. The van der Waals surface area contributed by atoms with Crippen molar-refractivity contribution in [3.8, 4) is 0 Å². The second kappa shape index (κ2) is 17.4. The van der Waals surface area contributed by atoms with Crippen LogP contribution in [-0.2, 0) is 19.3 Å². The smallest absolute Gasteiger partial charge is 0.330 e. The molecule has 0 aromatic heterocycles. The minimum absolute atomic E-state index is 0.0609. The Bertz CT molecular complexity index is 399. The van der Waals surface area contributed by atoms with Gasteiger partial charge < -0.3 is 4.74 Å². The number of methoxy groups -OCH3 is 1. The third kappa shape index (κ3) is 14.6. The summed E-state index contributed by atoms with van der Waals surface area (Å²) in [6.45, 7) is 1.99. The lowest BCUT2D eigenvalue weighted by molar-refractivity contribution is -0.280. The molecule has 0 fully saturated rings. The van der Waals surface area contributed by atoms with Crippen LogP contribution >= 0.6 is 0 Å². The number of rotatable bonds is 15. The molecule has 2 N–H and O–H groups in total. The normalized spacial score (nSPS) is 14.6. The van der Waals surface area contributed by atoms with Gasteiger partial charge in [0.05, 0.1) is 19.3 Å². The lowest BCUT2D eigenvalue weighted by Gasteiger charge is -2.12. The van der Waals surface area contributed by atoms with Crippen molar-refractivity contribution in [2.45, 2.75) is 70.5 Å². The van der Waals surface area contributed by atoms with Crippen LogP contribution < -0.4 is 0 Å². The molecule has 6 heteroatoms. The molecule has 0 bridgehead atoms. The van der Waals surface area contributed by atoms with E-state index >= 15 is 0 Å². The second-order valence-corrected chi connectivity index (χ2v) is 5.79. The van der Waals surface area contributed by atoms with E-state index < -0.39 is 5.97 Å². The molecular formula is C19H32O6. The van der Waals surface area contributed by atoms with Gasteiger partial charge in [0.2, 0.25) is 0 Å². The van der Waals surface area contributed by atoms with Gasteiger partial charge in [-0.2, -0.15) is 0 Å². The van der Waals surface area contributed by atoms with E-state index in [4.69, 9.17) is 10.5 Å². The van der Waals surface area contributed by atoms with Crippen molar-refractivity contribution >= 4 is 5.97 Å². The summed E-state index contributed by atoms with van der Waals surface area (Å²) in [6.07, 6.45) is 17.2. The summed E-state index contributed by atoms with van der Waals surface area (Å²) in [4.78, 5) is 19.7. The van der Waals surface area contributed by atoms with Gasteiger partial charge >= 0.3 is 5.97 Å². The molecule has 25 heavy (non-hydrogen) atoms. The second-order valence-electron chi connectivity index (χ2n) is 5.79. The molecule has 0 aliphatic carbocycles. The Morgan fingerprint density at radius 3 is 2.08 bits per heavy atom. The highest BCUT2D eigenvalue weighted by atomic mass is 17.1. The molecule has 0 aliphatic heterocycles. The van der Waals surface area contributed by atoms with Crippen LogP contribution in [0.3, 0.4) is 0 Å². The molecule has 0 aromatic rings. The van der Waals surface area contributed by atoms with Crippen LogP contribution in [-0.4, -0.2) is 35.8 Å². The average Bonchev–Trinajstić information content (AvgIpc) is 2.64. The quantitative estimate of drug-likeness (QED) is 0.111. The monoisotopic (exact) mass is 356 g/mol. The van der Waals surface area contributed by atoms with E-state index in [0.29, 0.717) is 6.42 Å². The summed E-state index contributed by atoms with van der Waals surface area (Å²) in [5, 5.41) is 17.6. The molecule has 0 aliphatic rings. The zero-order chi connectivity index (χ0) is 18.8.